The maximum absolute atomic E-state index is 12.5. The number of hydrogen-bond donors (Lipinski definition) is 2. The van der Waals surface area contributed by atoms with E-state index in [9.17, 15) is 31.5 Å². The average Bonchev–Trinajstić information content (AvgIpc) is 2.50. The number of anilines is 1. The Morgan fingerprint density at radius 1 is 1.08 bits per heavy atom. The lowest BCUT2D eigenvalue weighted by Gasteiger charge is -2.10. The summed E-state index contributed by atoms with van der Waals surface area (Å²) in [7, 11) is -5.46. The lowest BCUT2D eigenvalue weighted by molar-refractivity contribution is -0.0436. The fraction of sp³-hybridized carbons (Fsp3) is 0.133. The minimum absolute atomic E-state index is 0.0583. The Morgan fingerprint density at radius 2 is 1.67 bits per heavy atom. The number of nitrogens with one attached hydrogen (secondary N) is 1. The number of rotatable bonds is 3. The molecule has 9 heteroatoms. The van der Waals surface area contributed by atoms with Crippen molar-refractivity contribution in [3.05, 3.63) is 53.6 Å². The van der Waals surface area contributed by atoms with E-state index in [-0.39, 0.29) is 17.0 Å². The van der Waals surface area contributed by atoms with E-state index < -0.39 is 26.1 Å². The summed E-state index contributed by atoms with van der Waals surface area (Å²) in [6.07, 6.45) is 0. The molecule has 0 aromatic heterocycles. The highest BCUT2D eigenvalue weighted by molar-refractivity contribution is 7.92. The van der Waals surface area contributed by atoms with Crippen LogP contribution in [0.3, 0.4) is 0 Å². The number of aryl methyl sites for hydroxylation is 1. The summed E-state index contributed by atoms with van der Waals surface area (Å²) in [5.41, 5.74) is -4.57. The van der Waals surface area contributed by atoms with Crippen LogP contribution in [0, 0.1) is 6.92 Å². The van der Waals surface area contributed by atoms with E-state index >= 15 is 0 Å². The third-order valence-electron chi connectivity index (χ3n) is 3.13. The van der Waals surface area contributed by atoms with Crippen LogP contribution in [0.5, 0.6) is 5.75 Å². The number of halogens is 3. The molecule has 0 aliphatic heterocycles. The number of carbonyl (C=O) groups excluding carboxylic acids is 1. The number of hydrogen-bond acceptors (Lipinski definition) is 4. The quantitative estimate of drug-likeness (QED) is 0.824. The molecule has 24 heavy (non-hydrogen) atoms. The van der Waals surface area contributed by atoms with E-state index in [2.05, 4.69) is 5.32 Å². The molecule has 0 bridgehead atoms. The molecule has 2 rings (SSSR count). The Hall–Kier alpha value is -2.55. The fourth-order valence-corrected chi connectivity index (χ4v) is 2.63. The van der Waals surface area contributed by atoms with Crippen molar-refractivity contribution in [3.8, 4) is 5.75 Å². The first-order chi connectivity index (χ1) is 11.0. The number of amides is 1. The number of carbonyl (C=O) groups is 1. The van der Waals surface area contributed by atoms with Crippen LogP contribution in [0.2, 0.25) is 0 Å². The van der Waals surface area contributed by atoms with Crippen molar-refractivity contribution >= 4 is 21.4 Å². The van der Waals surface area contributed by atoms with Gasteiger partial charge in [-0.05, 0) is 48.9 Å². The summed E-state index contributed by atoms with van der Waals surface area (Å²) >= 11 is 0. The average molecular weight is 359 g/mol. The highest BCUT2D eigenvalue weighted by Crippen LogP contribution is 2.30. The molecule has 5 nitrogen and oxygen atoms in total. The normalized spacial score (nSPS) is 12.0. The zero-order chi connectivity index (χ0) is 18.1. The van der Waals surface area contributed by atoms with Gasteiger partial charge in [-0.15, -0.1) is 0 Å². The SMILES string of the molecule is Cc1ccc(O)c(NC(=O)c2ccc(S(=O)(=O)C(F)(F)F)cc2)c1. The largest absolute Gasteiger partial charge is 0.506 e. The van der Waals surface area contributed by atoms with Gasteiger partial charge in [0.15, 0.2) is 0 Å². The van der Waals surface area contributed by atoms with Gasteiger partial charge in [-0.1, -0.05) is 6.07 Å². The Morgan fingerprint density at radius 3 is 2.21 bits per heavy atom. The Balaban J connectivity index is 2.25. The number of benzene rings is 2. The molecule has 0 radical (unpaired) electrons. The molecular weight excluding hydrogens is 347 g/mol. The predicted octanol–water partition coefficient (Wildman–Crippen LogP) is 3.25. The van der Waals surface area contributed by atoms with Gasteiger partial charge in [0, 0.05) is 5.56 Å². The molecule has 0 unspecified atom stereocenters. The van der Waals surface area contributed by atoms with Gasteiger partial charge in [0.2, 0.25) is 0 Å². The van der Waals surface area contributed by atoms with Crippen LogP contribution < -0.4 is 5.32 Å². The van der Waals surface area contributed by atoms with E-state index in [0.717, 1.165) is 17.7 Å². The molecule has 0 saturated carbocycles. The molecular formula is C15H12F3NO4S. The first kappa shape index (κ1) is 17.8. The maximum atomic E-state index is 12.5. The maximum Gasteiger partial charge on any atom is 0.501 e. The molecule has 0 spiro atoms. The monoisotopic (exact) mass is 359 g/mol. The number of phenols is 1. The highest BCUT2D eigenvalue weighted by Gasteiger charge is 2.46. The van der Waals surface area contributed by atoms with Crippen molar-refractivity contribution in [1.82, 2.24) is 0 Å². The third kappa shape index (κ3) is 3.51. The van der Waals surface area contributed by atoms with Gasteiger partial charge >= 0.3 is 5.51 Å². The number of aromatic hydroxyl groups is 1. The number of alkyl halides is 3. The molecule has 2 N–H and O–H groups in total. The van der Waals surface area contributed by atoms with Crippen molar-refractivity contribution in [2.45, 2.75) is 17.3 Å². The summed E-state index contributed by atoms with van der Waals surface area (Å²) in [4.78, 5) is 11.1. The summed E-state index contributed by atoms with van der Waals surface area (Å²) in [6.45, 7) is 1.74. The smallest absolute Gasteiger partial charge is 0.501 e. The van der Waals surface area contributed by atoms with Crippen molar-refractivity contribution in [2.24, 2.45) is 0 Å². The van der Waals surface area contributed by atoms with Crippen LogP contribution in [0.15, 0.2) is 47.4 Å². The second-order valence-electron chi connectivity index (χ2n) is 4.95. The van der Waals surface area contributed by atoms with Crippen molar-refractivity contribution in [3.63, 3.8) is 0 Å². The Bertz CT molecular complexity index is 875. The van der Waals surface area contributed by atoms with E-state index in [1.54, 1.807) is 13.0 Å². The van der Waals surface area contributed by atoms with Crippen LogP contribution in [0.1, 0.15) is 15.9 Å². The summed E-state index contributed by atoms with van der Waals surface area (Å²) in [6, 6.07) is 7.84. The van der Waals surface area contributed by atoms with Crippen LogP contribution >= 0.6 is 0 Å². The minimum Gasteiger partial charge on any atom is -0.506 e. The van der Waals surface area contributed by atoms with Gasteiger partial charge in [-0.25, -0.2) is 8.42 Å². The van der Waals surface area contributed by atoms with Gasteiger partial charge in [0.25, 0.3) is 15.7 Å². The van der Waals surface area contributed by atoms with Gasteiger partial charge in [-0.2, -0.15) is 13.2 Å². The molecule has 0 fully saturated rings. The first-order valence-corrected chi connectivity index (χ1v) is 8.03. The van der Waals surface area contributed by atoms with Crippen LogP contribution in [-0.2, 0) is 9.84 Å². The summed E-state index contributed by atoms with van der Waals surface area (Å²) < 4.78 is 59.9. The zero-order valence-corrected chi connectivity index (χ0v) is 13.1. The van der Waals surface area contributed by atoms with Crippen LogP contribution in [0.4, 0.5) is 18.9 Å². The van der Waals surface area contributed by atoms with E-state index in [4.69, 9.17) is 0 Å². The summed E-state index contributed by atoms with van der Waals surface area (Å²) in [5.74, 6) is -0.878. The predicted molar refractivity (Wildman–Crippen MR) is 80.5 cm³/mol. The zero-order valence-electron chi connectivity index (χ0n) is 12.3. The van der Waals surface area contributed by atoms with Crippen molar-refractivity contribution < 1.29 is 31.5 Å². The molecule has 0 atom stereocenters. The number of sulfone groups is 1. The van der Waals surface area contributed by atoms with Crippen molar-refractivity contribution in [2.75, 3.05) is 5.32 Å². The van der Waals surface area contributed by atoms with E-state index in [1.165, 1.54) is 12.1 Å². The fourth-order valence-electron chi connectivity index (χ4n) is 1.86. The summed E-state index contributed by atoms with van der Waals surface area (Å²) in [5, 5.41) is 12.0. The lowest BCUT2D eigenvalue weighted by Crippen LogP contribution is -2.23. The first-order valence-electron chi connectivity index (χ1n) is 6.55. The molecule has 128 valence electrons. The Kier molecular flexibility index (Phi) is 4.57. The van der Waals surface area contributed by atoms with Crippen LogP contribution in [0.25, 0.3) is 0 Å². The second-order valence-corrected chi connectivity index (χ2v) is 6.89. The molecule has 1 amide bonds. The van der Waals surface area contributed by atoms with Gasteiger partial charge in [-0.3, -0.25) is 4.79 Å². The Labute approximate surface area is 135 Å². The molecule has 0 aliphatic rings. The molecule has 2 aromatic carbocycles. The standard InChI is InChI=1S/C15H12F3NO4S/c1-9-2-7-13(20)12(8-9)19-14(21)10-3-5-11(6-4-10)24(22,23)15(16,17)18/h2-8,20H,1H3,(H,19,21). The van der Waals surface area contributed by atoms with Gasteiger partial charge < -0.3 is 10.4 Å². The van der Waals surface area contributed by atoms with E-state index in [0.29, 0.717) is 12.1 Å². The van der Waals surface area contributed by atoms with Gasteiger partial charge in [0.05, 0.1) is 10.6 Å². The molecule has 0 saturated heterocycles. The van der Waals surface area contributed by atoms with Crippen LogP contribution in [-0.4, -0.2) is 24.9 Å². The highest BCUT2D eigenvalue weighted by atomic mass is 32.2. The van der Waals surface area contributed by atoms with Crippen molar-refractivity contribution in [1.29, 1.82) is 0 Å². The number of phenolic OH excluding ortho intramolecular Hbond substituents is 1. The third-order valence-corrected chi connectivity index (χ3v) is 4.63. The van der Waals surface area contributed by atoms with E-state index in [1.807, 2.05) is 0 Å². The molecule has 0 heterocycles. The topological polar surface area (TPSA) is 83.5 Å². The molecule has 2 aromatic rings. The second kappa shape index (κ2) is 6.16. The minimum atomic E-state index is -5.46. The lowest BCUT2D eigenvalue weighted by atomic mass is 10.2. The van der Waals surface area contributed by atoms with Gasteiger partial charge in [0.1, 0.15) is 5.75 Å². The molecule has 0 aliphatic carbocycles.